The van der Waals surface area contributed by atoms with Crippen molar-refractivity contribution >= 4 is 23.9 Å². The van der Waals surface area contributed by atoms with Gasteiger partial charge in [0, 0.05) is 30.5 Å². The molecule has 31 heavy (non-hydrogen) atoms. The molecule has 0 spiro atoms. The first-order chi connectivity index (χ1) is 14.5. The minimum absolute atomic E-state index is 0.0371. The van der Waals surface area contributed by atoms with E-state index in [1.54, 1.807) is 6.92 Å². The van der Waals surface area contributed by atoms with Gasteiger partial charge in [-0.1, -0.05) is 13.8 Å². The Kier molecular flexibility index (Phi) is 10.00. The maximum Gasteiger partial charge on any atom is 0.349 e. The molecule has 0 radical (unpaired) electrons. The summed E-state index contributed by atoms with van der Waals surface area (Å²) < 4.78 is 7.20. The Bertz CT molecular complexity index is 875. The van der Waals surface area contributed by atoms with Crippen LogP contribution in [0, 0.1) is 31.1 Å². The van der Waals surface area contributed by atoms with Crippen LogP contribution in [0.2, 0.25) is 0 Å². The number of hydrogen-bond acceptors (Lipinski definition) is 5. The van der Waals surface area contributed by atoms with Gasteiger partial charge in [0.2, 0.25) is 5.91 Å². The molecule has 170 valence electrons. The highest BCUT2D eigenvalue weighted by atomic mass is 16.5. The predicted molar refractivity (Wildman–Crippen MR) is 119 cm³/mol. The summed E-state index contributed by atoms with van der Waals surface area (Å²) >= 11 is 0. The number of nitrogens with one attached hydrogen (secondary N) is 1. The van der Waals surface area contributed by atoms with Crippen molar-refractivity contribution in [3.05, 3.63) is 28.6 Å². The van der Waals surface area contributed by atoms with Crippen LogP contribution in [-0.2, 0) is 25.7 Å². The molecule has 0 aromatic carbocycles. The number of rotatable bonds is 10. The van der Waals surface area contributed by atoms with Crippen molar-refractivity contribution in [2.45, 2.75) is 61.1 Å². The lowest BCUT2D eigenvalue weighted by molar-refractivity contribution is -0.149. The Morgan fingerprint density at radius 1 is 1.26 bits per heavy atom. The summed E-state index contributed by atoms with van der Waals surface area (Å²) in [4.78, 5) is 37.9. The molecule has 1 heterocycles. The van der Waals surface area contributed by atoms with Gasteiger partial charge in [-0.2, -0.15) is 5.26 Å². The van der Waals surface area contributed by atoms with E-state index in [4.69, 9.17) is 4.74 Å². The van der Waals surface area contributed by atoms with Gasteiger partial charge in [-0.25, -0.2) is 4.79 Å². The number of nitriles is 1. The van der Waals surface area contributed by atoms with Crippen molar-refractivity contribution in [1.82, 2.24) is 14.8 Å². The fourth-order valence-electron chi connectivity index (χ4n) is 3.13. The average molecular weight is 431 g/mol. The quantitative estimate of drug-likeness (QED) is 0.349. The molecule has 0 saturated carbocycles. The monoisotopic (exact) mass is 430 g/mol. The first-order valence-corrected chi connectivity index (χ1v) is 10.5. The second kappa shape index (κ2) is 11.9. The number of carbonyl (C=O) groups is 3. The number of carbonyl (C=O) groups excluding carboxylic acids is 3. The lowest BCUT2D eigenvalue weighted by Crippen LogP contribution is -2.44. The van der Waals surface area contributed by atoms with E-state index in [1.165, 1.54) is 11.0 Å². The topological polar surface area (TPSA) is 104 Å². The van der Waals surface area contributed by atoms with Crippen LogP contribution >= 0.6 is 0 Å². The molecule has 8 nitrogen and oxygen atoms in total. The predicted octanol–water partition coefficient (Wildman–Crippen LogP) is 2.58. The first-order valence-electron chi connectivity index (χ1n) is 10.5. The molecule has 0 saturated heterocycles. The summed E-state index contributed by atoms with van der Waals surface area (Å²) in [6, 6.07) is 3.74. The van der Waals surface area contributed by atoms with Crippen molar-refractivity contribution in [2.75, 3.05) is 19.7 Å². The zero-order chi connectivity index (χ0) is 23.7. The normalized spacial score (nSPS) is 11.4. The van der Waals surface area contributed by atoms with Crippen molar-refractivity contribution in [2.24, 2.45) is 5.92 Å². The molecule has 0 bridgehead atoms. The molecule has 0 aliphatic carbocycles. The molecule has 1 aromatic rings. The number of aryl methyl sites for hydroxylation is 1. The van der Waals surface area contributed by atoms with Crippen LogP contribution in [0.5, 0.6) is 0 Å². The molecule has 1 aromatic heterocycles. The van der Waals surface area contributed by atoms with Crippen molar-refractivity contribution in [1.29, 1.82) is 5.26 Å². The van der Waals surface area contributed by atoms with E-state index in [0.717, 1.165) is 23.5 Å². The van der Waals surface area contributed by atoms with Gasteiger partial charge in [-0.15, -0.1) is 0 Å². The molecule has 0 aliphatic rings. The zero-order valence-electron chi connectivity index (χ0n) is 19.6. The van der Waals surface area contributed by atoms with Crippen LogP contribution in [0.25, 0.3) is 6.08 Å². The number of hydrogen-bond donors (Lipinski definition) is 1. The molecular formula is C23H34N4O4. The van der Waals surface area contributed by atoms with E-state index in [0.29, 0.717) is 12.5 Å². The lowest BCUT2D eigenvalue weighted by Gasteiger charge is -2.20. The summed E-state index contributed by atoms with van der Waals surface area (Å²) in [7, 11) is 0. The van der Waals surface area contributed by atoms with E-state index in [9.17, 15) is 19.6 Å². The molecule has 0 aliphatic heterocycles. The van der Waals surface area contributed by atoms with Crippen LogP contribution in [0.4, 0.5) is 0 Å². The number of likely N-dealkylation sites (N-methyl/N-ethyl adjacent to an activating group) is 1. The Hall–Kier alpha value is -3.08. The van der Waals surface area contributed by atoms with Crippen molar-refractivity contribution in [3.8, 4) is 6.07 Å². The smallest absolute Gasteiger partial charge is 0.349 e. The van der Waals surface area contributed by atoms with E-state index in [1.807, 2.05) is 39.8 Å². The van der Waals surface area contributed by atoms with E-state index in [-0.39, 0.29) is 24.1 Å². The number of nitrogens with zero attached hydrogens (tertiary/aromatic N) is 3. The highest BCUT2D eigenvalue weighted by Crippen LogP contribution is 2.20. The van der Waals surface area contributed by atoms with Crippen molar-refractivity contribution < 1.29 is 19.1 Å². The van der Waals surface area contributed by atoms with Gasteiger partial charge in [-0.05, 0) is 58.2 Å². The highest BCUT2D eigenvalue weighted by Gasteiger charge is 2.20. The third kappa shape index (κ3) is 7.93. The molecule has 8 heteroatoms. The fourth-order valence-corrected chi connectivity index (χ4v) is 3.13. The standard InChI is InChI=1S/C23H34N4O4/c1-8-26(13-21(28)25-16(4)5)22(29)14-31-23(30)20(11-24)10-19-9-17(6)27(18(19)7)12-15(2)3/h9-10,15-16H,8,12-14H2,1-7H3,(H,25,28)/b20-10+. The van der Waals surface area contributed by atoms with Gasteiger partial charge in [0.15, 0.2) is 6.61 Å². The van der Waals surface area contributed by atoms with Crippen molar-refractivity contribution in [3.63, 3.8) is 0 Å². The van der Waals surface area contributed by atoms with Gasteiger partial charge in [0.25, 0.3) is 5.91 Å². The molecular weight excluding hydrogens is 396 g/mol. The van der Waals surface area contributed by atoms with Crippen LogP contribution in [0.3, 0.4) is 0 Å². The van der Waals surface area contributed by atoms with Crippen LogP contribution in [0.1, 0.15) is 51.6 Å². The summed E-state index contributed by atoms with van der Waals surface area (Å²) in [5.41, 5.74) is 2.57. The summed E-state index contributed by atoms with van der Waals surface area (Å²) in [6.45, 7) is 14.0. The molecule has 2 amide bonds. The van der Waals surface area contributed by atoms with E-state index >= 15 is 0 Å². The molecule has 0 atom stereocenters. The van der Waals surface area contributed by atoms with Gasteiger partial charge in [0.1, 0.15) is 11.6 Å². The van der Waals surface area contributed by atoms with Crippen LogP contribution in [0.15, 0.2) is 11.6 Å². The Labute approximate surface area is 184 Å². The largest absolute Gasteiger partial charge is 0.451 e. The van der Waals surface area contributed by atoms with E-state index < -0.39 is 18.5 Å². The first kappa shape index (κ1) is 26.0. The molecule has 0 fully saturated rings. The Morgan fingerprint density at radius 2 is 1.90 bits per heavy atom. The Morgan fingerprint density at radius 3 is 2.42 bits per heavy atom. The minimum atomic E-state index is -0.868. The fraction of sp³-hybridized carbons (Fsp3) is 0.565. The second-order valence-electron chi connectivity index (χ2n) is 8.21. The second-order valence-corrected chi connectivity index (χ2v) is 8.21. The number of aromatic nitrogens is 1. The third-order valence-electron chi connectivity index (χ3n) is 4.65. The van der Waals surface area contributed by atoms with Crippen LogP contribution < -0.4 is 5.32 Å². The van der Waals surface area contributed by atoms with Gasteiger partial charge in [-0.3, -0.25) is 9.59 Å². The average Bonchev–Trinajstić information content (AvgIpc) is 2.94. The summed E-state index contributed by atoms with van der Waals surface area (Å²) in [5, 5.41) is 12.1. The highest BCUT2D eigenvalue weighted by molar-refractivity contribution is 5.99. The summed E-state index contributed by atoms with van der Waals surface area (Å²) in [6.07, 6.45) is 1.49. The molecule has 1 N–H and O–H groups in total. The maximum absolute atomic E-state index is 12.4. The number of esters is 1. The van der Waals surface area contributed by atoms with Gasteiger partial charge >= 0.3 is 5.97 Å². The molecule has 0 unspecified atom stereocenters. The minimum Gasteiger partial charge on any atom is -0.451 e. The number of ether oxygens (including phenoxy) is 1. The van der Waals surface area contributed by atoms with E-state index in [2.05, 4.69) is 23.7 Å². The molecule has 1 rings (SSSR count). The third-order valence-corrected chi connectivity index (χ3v) is 4.65. The zero-order valence-corrected chi connectivity index (χ0v) is 19.6. The lowest BCUT2D eigenvalue weighted by atomic mass is 10.1. The van der Waals surface area contributed by atoms with Crippen LogP contribution in [-0.4, -0.2) is 53.0 Å². The summed E-state index contributed by atoms with van der Waals surface area (Å²) in [5.74, 6) is -1.20. The van der Waals surface area contributed by atoms with Gasteiger partial charge < -0.3 is 19.5 Å². The SMILES string of the molecule is CCN(CC(=O)NC(C)C)C(=O)COC(=O)/C(C#N)=C/c1cc(C)n(CC(C)C)c1C. The van der Waals surface area contributed by atoms with Gasteiger partial charge in [0.05, 0.1) is 6.54 Å². The maximum atomic E-state index is 12.4. The number of amides is 2. The Balaban J connectivity index is 2.84.